The lowest BCUT2D eigenvalue weighted by molar-refractivity contribution is -0.142. The summed E-state index contributed by atoms with van der Waals surface area (Å²) in [7, 11) is 0. The largest absolute Gasteiger partial charge is 0.337 e. The number of halogens is 2. The Kier molecular flexibility index (Phi) is 4.32. The molecule has 2 amide bonds. The molecule has 1 unspecified atom stereocenters. The molecule has 6 heteroatoms. The first kappa shape index (κ1) is 16.6. The Morgan fingerprint density at radius 1 is 1.22 bits per heavy atom. The molecule has 0 bridgehead atoms. The monoisotopic (exact) mass is 354 g/mol. The number of rotatable bonds is 2. The Balaban J connectivity index is 1.78. The van der Waals surface area contributed by atoms with Crippen LogP contribution >= 0.6 is 23.2 Å². The third-order valence-corrected chi connectivity index (χ3v) is 5.62. The number of carbonyl (C=O) groups excluding carboxylic acids is 2. The van der Waals surface area contributed by atoms with Crippen molar-refractivity contribution >= 4 is 40.7 Å². The fraction of sp³-hybridized carbons (Fsp3) is 0.529. The SMILES string of the molecule is CC1(C)CCCN1C(=O)C1CCN(c2ccc(Cl)c(Cl)c2)C1=O. The van der Waals surface area contributed by atoms with Crippen LogP contribution in [0.5, 0.6) is 0 Å². The first-order chi connectivity index (χ1) is 10.8. The first-order valence-electron chi connectivity index (χ1n) is 7.89. The highest BCUT2D eigenvalue weighted by Crippen LogP contribution is 2.34. The average molecular weight is 355 g/mol. The van der Waals surface area contributed by atoms with Gasteiger partial charge in [-0.25, -0.2) is 0 Å². The van der Waals surface area contributed by atoms with Gasteiger partial charge >= 0.3 is 0 Å². The van der Waals surface area contributed by atoms with Crippen molar-refractivity contribution in [3.05, 3.63) is 28.2 Å². The van der Waals surface area contributed by atoms with Gasteiger partial charge in [0.1, 0.15) is 5.92 Å². The molecule has 1 aromatic rings. The Bertz CT molecular complexity index is 660. The lowest BCUT2D eigenvalue weighted by atomic mass is 9.99. The van der Waals surface area contributed by atoms with Crippen LogP contribution in [-0.4, -0.2) is 35.3 Å². The van der Waals surface area contributed by atoms with E-state index in [0.29, 0.717) is 28.7 Å². The Morgan fingerprint density at radius 3 is 2.57 bits per heavy atom. The maximum absolute atomic E-state index is 12.8. The van der Waals surface area contributed by atoms with Crippen molar-refractivity contribution in [2.45, 2.75) is 38.6 Å². The van der Waals surface area contributed by atoms with E-state index in [1.54, 1.807) is 23.1 Å². The fourth-order valence-corrected chi connectivity index (χ4v) is 3.81. The highest BCUT2D eigenvalue weighted by molar-refractivity contribution is 6.42. The quantitative estimate of drug-likeness (QED) is 0.758. The Hall–Kier alpha value is -1.26. The number of amides is 2. The molecule has 3 rings (SSSR count). The summed E-state index contributed by atoms with van der Waals surface area (Å²) in [5, 5.41) is 0.862. The van der Waals surface area contributed by atoms with Crippen LogP contribution in [0.2, 0.25) is 10.0 Å². The zero-order chi connectivity index (χ0) is 16.8. The second-order valence-electron chi connectivity index (χ2n) is 6.84. The lowest BCUT2D eigenvalue weighted by Crippen LogP contribution is -2.47. The van der Waals surface area contributed by atoms with Gasteiger partial charge in [-0.3, -0.25) is 9.59 Å². The molecule has 0 saturated carbocycles. The highest BCUT2D eigenvalue weighted by atomic mass is 35.5. The molecule has 23 heavy (non-hydrogen) atoms. The molecule has 0 aliphatic carbocycles. The predicted octanol–water partition coefficient (Wildman–Crippen LogP) is 3.75. The third kappa shape index (κ3) is 2.94. The van der Waals surface area contributed by atoms with E-state index in [1.165, 1.54) is 0 Å². The molecule has 1 atom stereocenters. The number of hydrogen-bond acceptors (Lipinski definition) is 2. The van der Waals surface area contributed by atoms with Crippen molar-refractivity contribution < 1.29 is 9.59 Å². The van der Waals surface area contributed by atoms with E-state index >= 15 is 0 Å². The zero-order valence-electron chi connectivity index (χ0n) is 13.3. The van der Waals surface area contributed by atoms with Gasteiger partial charge in [-0.05, 0) is 51.3 Å². The molecule has 0 radical (unpaired) electrons. The molecule has 2 saturated heterocycles. The minimum absolute atomic E-state index is 0.0416. The number of nitrogens with zero attached hydrogens (tertiary/aromatic N) is 2. The smallest absolute Gasteiger partial charge is 0.239 e. The van der Waals surface area contributed by atoms with Crippen LogP contribution in [0.3, 0.4) is 0 Å². The van der Waals surface area contributed by atoms with E-state index in [-0.39, 0.29) is 17.4 Å². The van der Waals surface area contributed by atoms with Crippen LogP contribution in [0, 0.1) is 5.92 Å². The number of likely N-dealkylation sites (tertiary alicyclic amines) is 1. The second kappa shape index (κ2) is 5.99. The van der Waals surface area contributed by atoms with Gasteiger partial charge < -0.3 is 9.80 Å². The van der Waals surface area contributed by atoms with Crippen molar-refractivity contribution in [3.8, 4) is 0 Å². The summed E-state index contributed by atoms with van der Waals surface area (Å²) in [5.41, 5.74) is 0.536. The van der Waals surface area contributed by atoms with Gasteiger partial charge in [-0.2, -0.15) is 0 Å². The predicted molar refractivity (Wildman–Crippen MR) is 91.9 cm³/mol. The molecule has 0 aromatic heterocycles. The van der Waals surface area contributed by atoms with Gasteiger partial charge in [-0.15, -0.1) is 0 Å². The molecular weight excluding hydrogens is 335 g/mol. The molecule has 124 valence electrons. The van der Waals surface area contributed by atoms with E-state index in [0.717, 1.165) is 19.4 Å². The highest BCUT2D eigenvalue weighted by Gasteiger charge is 2.44. The fourth-order valence-electron chi connectivity index (χ4n) is 3.52. The maximum atomic E-state index is 12.8. The van der Waals surface area contributed by atoms with Gasteiger partial charge in [0.2, 0.25) is 11.8 Å². The van der Waals surface area contributed by atoms with Crippen LogP contribution < -0.4 is 4.90 Å². The summed E-state index contributed by atoms with van der Waals surface area (Å²) in [5.74, 6) is -0.766. The maximum Gasteiger partial charge on any atom is 0.239 e. The molecule has 1 aromatic carbocycles. The van der Waals surface area contributed by atoms with Crippen LogP contribution in [-0.2, 0) is 9.59 Å². The van der Waals surface area contributed by atoms with E-state index < -0.39 is 5.92 Å². The standard InChI is InChI=1S/C17H20Cl2N2O2/c1-17(2)7-3-8-21(17)16(23)12-6-9-20(15(12)22)11-4-5-13(18)14(19)10-11/h4-5,10,12H,3,6-9H2,1-2H3. The number of hydrogen-bond donors (Lipinski definition) is 0. The van der Waals surface area contributed by atoms with Crippen molar-refractivity contribution in [2.24, 2.45) is 5.92 Å². The second-order valence-corrected chi connectivity index (χ2v) is 7.65. The van der Waals surface area contributed by atoms with Crippen LogP contribution in [0.15, 0.2) is 18.2 Å². The summed E-state index contributed by atoms with van der Waals surface area (Å²) in [6.45, 7) is 5.39. The van der Waals surface area contributed by atoms with E-state index in [1.807, 2.05) is 4.90 Å². The van der Waals surface area contributed by atoms with Crippen LogP contribution in [0.1, 0.15) is 33.1 Å². The normalized spacial score (nSPS) is 23.7. The lowest BCUT2D eigenvalue weighted by Gasteiger charge is -2.33. The van der Waals surface area contributed by atoms with E-state index in [4.69, 9.17) is 23.2 Å². The average Bonchev–Trinajstić information content (AvgIpc) is 3.04. The van der Waals surface area contributed by atoms with Crippen LogP contribution in [0.25, 0.3) is 0 Å². The molecule has 2 heterocycles. The number of anilines is 1. The van der Waals surface area contributed by atoms with Gasteiger partial charge in [0.25, 0.3) is 0 Å². The van der Waals surface area contributed by atoms with Gasteiger partial charge in [-0.1, -0.05) is 23.2 Å². The topological polar surface area (TPSA) is 40.6 Å². The van der Waals surface area contributed by atoms with Gasteiger partial charge in [0, 0.05) is 24.3 Å². The summed E-state index contributed by atoms with van der Waals surface area (Å²) in [4.78, 5) is 29.0. The molecule has 2 aliphatic heterocycles. The first-order valence-corrected chi connectivity index (χ1v) is 8.65. The summed E-state index contributed by atoms with van der Waals surface area (Å²) in [6, 6.07) is 5.11. The Morgan fingerprint density at radius 2 is 1.96 bits per heavy atom. The molecule has 4 nitrogen and oxygen atoms in total. The minimum Gasteiger partial charge on any atom is -0.337 e. The zero-order valence-corrected chi connectivity index (χ0v) is 14.8. The number of benzene rings is 1. The molecule has 2 aliphatic rings. The van der Waals surface area contributed by atoms with E-state index in [2.05, 4.69) is 13.8 Å². The minimum atomic E-state index is -0.582. The van der Waals surface area contributed by atoms with Crippen molar-refractivity contribution in [1.82, 2.24) is 4.90 Å². The summed E-state index contributed by atoms with van der Waals surface area (Å²) < 4.78 is 0. The van der Waals surface area contributed by atoms with Crippen LogP contribution in [0.4, 0.5) is 5.69 Å². The van der Waals surface area contributed by atoms with Crippen molar-refractivity contribution in [2.75, 3.05) is 18.0 Å². The van der Waals surface area contributed by atoms with Gasteiger partial charge in [0.05, 0.1) is 10.0 Å². The van der Waals surface area contributed by atoms with Gasteiger partial charge in [0.15, 0.2) is 0 Å². The van der Waals surface area contributed by atoms with E-state index in [9.17, 15) is 9.59 Å². The summed E-state index contributed by atoms with van der Waals surface area (Å²) in [6.07, 6.45) is 2.52. The molecule has 2 fully saturated rings. The van der Waals surface area contributed by atoms with Crippen molar-refractivity contribution in [3.63, 3.8) is 0 Å². The molecule has 0 N–H and O–H groups in total. The van der Waals surface area contributed by atoms with Crippen molar-refractivity contribution in [1.29, 1.82) is 0 Å². The Labute approximate surface area is 146 Å². The molecular formula is C17H20Cl2N2O2. The summed E-state index contributed by atoms with van der Waals surface area (Å²) >= 11 is 12.0. The molecule has 0 spiro atoms. The third-order valence-electron chi connectivity index (χ3n) is 4.89. The number of carbonyl (C=O) groups is 2.